The molecule has 1 aromatic carbocycles. The highest BCUT2D eigenvalue weighted by Gasteiger charge is 2.10. The van der Waals surface area contributed by atoms with Crippen molar-refractivity contribution in [2.24, 2.45) is 0 Å². The van der Waals surface area contributed by atoms with Gasteiger partial charge in [-0.2, -0.15) is 0 Å². The number of anilines is 1. The molecule has 94 valence electrons. The number of nitrogens with one attached hydrogen (secondary N) is 1. The first kappa shape index (κ1) is 14.0. The van der Waals surface area contributed by atoms with Crippen molar-refractivity contribution >= 4 is 27.6 Å². The van der Waals surface area contributed by atoms with Gasteiger partial charge in [0.1, 0.15) is 0 Å². The summed E-state index contributed by atoms with van der Waals surface area (Å²) < 4.78 is 5.49. The SMILES string of the molecule is COC(=O)CC(O)CNc1ccc(Br)cc1C. The summed E-state index contributed by atoms with van der Waals surface area (Å²) >= 11 is 3.38. The number of halogens is 1. The Morgan fingerprint density at radius 3 is 2.88 bits per heavy atom. The van der Waals surface area contributed by atoms with Gasteiger partial charge in [0, 0.05) is 16.7 Å². The van der Waals surface area contributed by atoms with Crippen LogP contribution in [0.15, 0.2) is 22.7 Å². The Bertz CT molecular complexity index is 395. The average Bonchev–Trinajstić information content (AvgIpc) is 2.27. The smallest absolute Gasteiger partial charge is 0.308 e. The minimum absolute atomic E-state index is 0.000917. The number of hydrogen-bond donors (Lipinski definition) is 2. The third-order valence-electron chi connectivity index (χ3n) is 2.35. The highest BCUT2D eigenvalue weighted by molar-refractivity contribution is 9.10. The molecule has 5 heteroatoms. The van der Waals surface area contributed by atoms with Gasteiger partial charge < -0.3 is 15.2 Å². The Hall–Kier alpha value is -1.07. The van der Waals surface area contributed by atoms with E-state index in [4.69, 9.17) is 0 Å². The molecule has 0 bridgehead atoms. The fraction of sp³-hybridized carbons (Fsp3) is 0.417. The van der Waals surface area contributed by atoms with E-state index in [-0.39, 0.29) is 6.42 Å². The summed E-state index contributed by atoms with van der Waals surface area (Å²) in [6.45, 7) is 2.29. The van der Waals surface area contributed by atoms with Gasteiger partial charge >= 0.3 is 5.97 Å². The summed E-state index contributed by atoms with van der Waals surface area (Å²) in [7, 11) is 1.31. The zero-order valence-electron chi connectivity index (χ0n) is 9.87. The fourth-order valence-corrected chi connectivity index (χ4v) is 1.88. The number of esters is 1. The minimum Gasteiger partial charge on any atom is -0.469 e. The Morgan fingerprint density at radius 1 is 1.59 bits per heavy atom. The van der Waals surface area contributed by atoms with Crippen LogP contribution in [0, 0.1) is 6.92 Å². The summed E-state index contributed by atoms with van der Waals surface area (Å²) in [5.41, 5.74) is 2.02. The number of ether oxygens (including phenoxy) is 1. The van der Waals surface area contributed by atoms with Gasteiger partial charge in [0.25, 0.3) is 0 Å². The average molecular weight is 302 g/mol. The molecule has 0 aliphatic heterocycles. The van der Waals surface area contributed by atoms with Gasteiger partial charge in [-0.1, -0.05) is 15.9 Å². The van der Waals surface area contributed by atoms with Crippen molar-refractivity contribution in [3.8, 4) is 0 Å². The highest BCUT2D eigenvalue weighted by Crippen LogP contribution is 2.19. The van der Waals surface area contributed by atoms with Crippen LogP contribution in [0.2, 0.25) is 0 Å². The molecule has 0 amide bonds. The number of carbonyl (C=O) groups is 1. The van der Waals surface area contributed by atoms with Crippen LogP contribution in [0.4, 0.5) is 5.69 Å². The molecule has 0 spiro atoms. The maximum Gasteiger partial charge on any atom is 0.308 e. The number of aliphatic hydroxyl groups excluding tert-OH is 1. The maximum atomic E-state index is 10.9. The Balaban J connectivity index is 2.47. The lowest BCUT2D eigenvalue weighted by molar-refractivity contribution is -0.142. The van der Waals surface area contributed by atoms with E-state index >= 15 is 0 Å². The second-order valence-electron chi connectivity index (χ2n) is 3.77. The first-order valence-corrected chi connectivity index (χ1v) is 6.07. The van der Waals surface area contributed by atoms with E-state index < -0.39 is 12.1 Å². The van der Waals surface area contributed by atoms with E-state index in [0.29, 0.717) is 6.54 Å². The zero-order valence-corrected chi connectivity index (χ0v) is 11.5. The van der Waals surface area contributed by atoms with Gasteiger partial charge in [0.05, 0.1) is 19.6 Å². The lowest BCUT2D eigenvalue weighted by atomic mass is 10.2. The van der Waals surface area contributed by atoms with Crippen molar-refractivity contribution in [2.45, 2.75) is 19.4 Å². The van der Waals surface area contributed by atoms with Gasteiger partial charge in [-0.25, -0.2) is 0 Å². The van der Waals surface area contributed by atoms with Gasteiger partial charge in [0.15, 0.2) is 0 Å². The van der Waals surface area contributed by atoms with Crippen LogP contribution in [0.5, 0.6) is 0 Å². The lowest BCUT2D eigenvalue weighted by Crippen LogP contribution is -2.23. The number of carbonyl (C=O) groups excluding carboxylic acids is 1. The van der Waals surface area contributed by atoms with Gasteiger partial charge in [-0.05, 0) is 30.7 Å². The summed E-state index contributed by atoms with van der Waals surface area (Å²) in [6, 6.07) is 5.82. The Morgan fingerprint density at radius 2 is 2.29 bits per heavy atom. The predicted molar refractivity (Wildman–Crippen MR) is 70.0 cm³/mol. The van der Waals surface area contributed by atoms with E-state index in [1.807, 2.05) is 25.1 Å². The number of methoxy groups -OCH3 is 1. The van der Waals surface area contributed by atoms with Crippen LogP contribution in [0.1, 0.15) is 12.0 Å². The van der Waals surface area contributed by atoms with Crippen LogP contribution in [-0.4, -0.2) is 30.8 Å². The molecule has 4 nitrogen and oxygen atoms in total. The maximum absolute atomic E-state index is 10.9. The van der Waals surface area contributed by atoms with Crippen LogP contribution in [0.25, 0.3) is 0 Å². The van der Waals surface area contributed by atoms with Crippen molar-refractivity contribution in [2.75, 3.05) is 19.0 Å². The molecule has 1 aromatic rings. The third-order valence-corrected chi connectivity index (χ3v) is 2.84. The summed E-state index contributed by atoms with van der Waals surface area (Å²) in [5.74, 6) is -0.410. The molecular weight excluding hydrogens is 286 g/mol. The van der Waals surface area contributed by atoms with Gasteiger partial charge in [-0.15, -0.1) is 0 Å². The molecule has 1 unspecified atom stereocenters. The molecule has 1 atom stereocenters. The molecule has 0 aliphatic rings. The Kier molecular flexibility index (Phi) is 5.44. The van der Waals surface area contributed by atoms with E-state index in [9.17, 15) is 9.90 Å². The zero-order chi connectivity index (χ0) is 12.8. The quantitative estimate of drug-likeness (QED) is 0.818. The molecule has 0 radical (unpaired) electrons. The topological polar surface area (TPSA) is 58.6 Å². The van der Waals surface area contributed by atoms with Crippen LogP contribution >= 0.6 is 15.9 Å². The van der Waals surface area contributed by atoms with E-state index in [0.717, 1.165) is 15.7 Å². The molecule has 0 fully saturated rings. The van der Waals surface area contributed by atoms with Crippen LogP contribution in [-0.2, 0) is 9.53 Å². The number of aryl methyl sites for hydroxylation is 1. The number of rotatable bonds is 5. The monoisotopic (exact) mass is 301 g/mol. The molecule has 2 N–H and O–H groups in total. The summed E-state index contributed by atoms with van der Waals surface area (Å²) in [5, 5.41) is 12.7. The van der Waals surface area contributed by atoms with Gasteiger partial charge in [-0.3, -0.25) is 4.79 Å². The van der Waals surface area contributed by atoms with E-state index in [1.165, 1.54) is 7.11 Å². The van der Waals surface area contributed by atoms with Crippen molar-refractivity contribution in [3.05, 3.63) is 28.2 Å². The van der Waals surface area contributed by atoms with Crippen molar-refractivity contribution in [3.63, 3.8) is 0 Å². The number of hydrogen-bond acceptors (Lipinski definition) is 4. The fourth-order valence-electron chi connectivity index (χ4n) is 1.40. The second kappa shape index (κ2) is 6.61. The summed E-state index contributed by atoms with van der Waals surface area (Å²) in [4.78, 5) is 10.9. The van der Waals surface area contributed by atoms with E-state index in [2.05, 4.69) is 26.0 Å². The van der Waals surface area contributed by atoms with Crippen molar-refractivity contribution in [1.82, 2.24) is 0 Å². The second-order valence-corrected chi connectivity index (χ2v) is 4.69. The van der Waals surface area contributed by atoms with Crippen molar-refractivity contribution < 1.29 is 14.6 Å². The summed E-state index contributed by atoms with van der Waals surface area (Å²) in [6.07, 6.45) is -0.746. The Labute approximate surface area is 109 Å². The molecule has 0 aliphatic carbocycles. The predicted octanol–water partition coefficient (Wildman–Crippen LogP) is 2.09. The molecule has 17 heavy (non-hydrogen) atoms. The standard InChI is InChI=1S/C12H16BrNO3/c1-8-5-9(13)3-4-11(8)14-7-10(15)6-12(16)17-2/h3-5,10,14-15H,6-7H2,1-2H3. The number of aliphatic hydroxyl groups is 1. The molecular formula is C12H16BrNO3. The van der Waals surface area contributed by atoms with Crippen LogP contribution in [0.3, 0.4) is 0 Å². The molecule has 0 heterocycles. The molecule has 1 rings (SSSR count). The van der Waals surface area contributed by atoms with Gasteiger partial charge in [0.2, 0.25) is 0 Å². The molecule has 0 aromatic heterocycles. The van der Waals surface area contributed by atoms with Crippen LogP contribution < -0.4 is 5.32 Å². The number of benzene rings is 1. The van der Waals surface area contributed by atoms with Crippen molar-refractivity contribution in [1.29, 1.82) is 0 Å². The molecule has 0 saturated carbocycles. The first-order chi connectivity index (χ1) is 8.02. The normalized spacial score (nSPS) is 12.0. The molecule has 0 saturated heterocycles. The highest BCUT2D eigenvalue weighted by atomic mass is 79.9. The lowest BCUT2D eigenvalue weighted by Gasteiger charge is -2.13. The largest absolute Gasteiger partial charge is 0.469 e. The van der Waals surface area contributed by atoms with E-state index in [1.54, 1.807) is 0 Å². The first-order valence-electron chi connectivity index (χ1n) is 5.28. The third kappa shape index (κ3) is 4.75. The minimum atomic E-state index is -0.745.